The first kappa shape index (κ1) is 23.0. The van der Waals surface area contributed by atoms with Crippen molar-refractivity contribution in [2.24, 2.45) is 5.73 Å². The van der Waals surface area contributed by atoms with E-state index in [1.165, 1.54) is 31.3 Å². The predicted molar refractivity (Wildman–Crippen MR) is 111 cm³/mol. The number of hydrogen-bond acceptors (Lipinski definition) is 6. The lowest BCUT2D eigenvalue weighted by molar-refractivity contribution is -0.136. The molecule has 2 aromatic carbocycles. The van der Waals surface area contributed by atoms with Gasteiger partial charge in [0.15, 0.2) is 0 Å². The van der Waals surface area contributed by atoms with Gasteiger partial charge >= 0.3 is 6.18 Å². The summed E-state index contributed by atoms with van der Waals surface area (Å²) in [5.74, 6) is -0.227. The number of anilines is 1. The maximum Gasteiger partial charge on any atom is 0.418 e. The van der Waals surface area contributed by atoms with Crippen LogP contribution in [0.3, 0.4) is 0 Å². The topological polar surface area (TPSA) is 118 Å². The standard InChI is InChI=1S/C22H20F3N3O4/c1-27-18-10-15(6-7-16(18)22(23,24)25)32-14-4-2-12(3-5-14)17-8-13(20(30)11-29)9-19(28-17)21(26)31/h2-10,20,27,29-30H,11H2,1H3,(H2,26,31)/t20-/m1/s1. The van der Waals surface area contributed by atoms with Crippen LogP contribution in [-0.2, 0) is 6.18 Å². The molecule has 0 spiro atoms. The molecule has 1 heterocycles. The highest BCUT2D eigenvalue weighted by Crippen LogP contribution is 2.37. The molecule has 10 heteroatoms. The Bertz CT molecular complexity index is 1120. The fourth-order valence-corrected chi connectivity index (χ4v) is 2.99. The minimum absolute atomic E-state index is 0.0744. The fraction of sp³-hybridized carbons (Fsp3) is 0.182. The molecule has 1 amide bonds. The number of primary amides is 1. The van der Waals surface area contributed by atoms with Crippen LogP contribution in [0.5, 0.6) is 11.5 Å². The number of nitrogens with zero attached hydrogens (tertiary/aromatic N) is 1. The van der Waals surface area contributed by atoms with Gasteiger partial charge in [-0.2, -0.15) is 13.2 Å². The van der Waals surface area contributed by atoms with E-state index in [4.69, 9.17) is 10.5 Å². The van der Waals surface area contributed by atoms with Gasteiger partial charge in [-0.05, 0) is 54.1 Å². The van der Waals surface area contributed by atoms with Gasteiger partial charge < -0.3 is 26.0 Å². The zero-order chi connectivity index (χ0) is 23.5. The second kappa shape index (κ2) is 9.25. The summed E-state index contributed by atoms with van der Waals surface area (Å²) >= 11 is 0. The Hall–Kier alpha value is -3.63. The molecular weight excluding hydrogens is 427 g/mol. The van der Waals surface area contributed by atoms with Crippen molar-refractivity contribution in [3.63, 3.8) is 0 Å². The second-order valence-corrected chi connectivity index (χ2v) is 6.82. The van der Waals surface area contributed by atoms with Crippen LogP contribution in [-0.4, -0.2) is 34.8 Å². The molecule has 3 aromatic rings. The fourth-order valence-electron chi connectivity index (χ4n) is 2.99. The second-order valence-electron chi connectivity index (χ2n) is 6.82. The molecule has 32 heavy (non-hydrogen) atoms. The highest BCUT2D eigenvalue weighted by Gasteiger charge is 2.33. The van der Waals surface area contributed by atoms with E-state index in [1.807, 2.05) is 0 Å². The quantitative estimate of drug-likeness (QED) is 0.439. The Morgan fingerprint density at radius 1 is 1.12 bits per heavy atom. The van der Waals surface area contributed by atoms with E-state index in [9.17, 15) is 28.2 Å². The average Bonchev–Trinajstić information content (AvgIpc) is 2.77. The van der Waals surface area contributed by atoms with Crippen LogP contribution in [0.25, 0.3) is 11.3 Å². The summed E-state index contributed by atoms with van der Waals surface area (Å²) in [6.07, 6.45) is -5.70. The number of ether oxygens (including phenoxy) is 1. The van der Waals surface area contributed by atoms with Gasteiger partial charge in [-0.25, -0.2) is 4.98 Å². The summed E-state index contributed by atoms with van der Waals surface area (Å²) in [7, 11) is 1.39. The Balaban J connectivity index is 1.87. The van der Waals surface area contributed by atoms with Gasteiger partial charge in [0, 0.05) is 24.4 Å². The normalized spacial score (nSPS) is 12.3. The predicted octanol–water partition coefficient (Wildman–Crippen LogP) is 3.73. The summed E-state index contributed by atoms with van der Waals surface area (Å²) in [4.78, 5) is 15.7. The number of nitrogens with one attached hydrogen (secondary N) is 1. The summed E-state index contributed by atoms with van der Waals surface area (Å²) in [6, 6.07) is 12.6. The largest absolute Gasteiger partial charge is 0.457 e. The van der Waals surface area contributed by atoms with Crippen molar-refractivity contribution >= 4 is 11.6 Å². The molecule has 0 saturated heterocycles. The third kappa shape index (κ3) is 5.16. The average molecular weight is 447 g/mol. The molecule has 1 atom stereocenters. The van der Waals surface area contributed by atoms with E-state index in [-0.39, 0.29) is 22.7 Å². The number of alkyl halides is 3. The van der Waals surface area contributed by atoms with Gasteiger partial charge in [0.1, 0.15) is 23.3 Å². The SMILES string of the molecule is CNc1cc(Oc2ccc(-c3cc([C@H](O)CO)cc(C(N)=O)n3)cc2)ccc1C(F)(F)F. The van der Waals surface area contributed by atoms with Crippen molar-refractivity contribution in [3.8, 4) is 22.8 Å². The third-order valence-corrected chi connectivity index (χ3v) is 4.61. The first-order valence-corrected chi connectivity index (χ1v) is 9.40. The van der Waals surface area contributed by atoms with Crippen LogP contribution in [0.1, 0.15) is 27.7 Å². The molecule has 0 radical (unpaired) electrons. The molecule has 7 nitrogen and oxygen atoms in total. The number of nitrogens with two attached hydrogens (primary N) is 1. The Morgan fingerprint density at radius 2 is 1.78 bits per heavy atom. The number of benzene rings is 2. The number of hydrogen-bond donors (Lipinski definition) is 4. The Labute approximate surface area is 181 Å². The van der Waals surface area contributed by atoms with Gasteiger partial charge in [-0.3, -0.25) is 4.79 Å². The smallest absolute Gasteiger partial charge is 0.418 e. The van der Waals surface area contributed by atoms with Crippen molar-refractivity contribution in [2.75, 3.05) is 19.0 Å². The number of aliphatic hydroxyl groups is 2. The summed E-state index contributed by atoms with van der Waals surface area (Å²) in [5, 5.41) is 21.6. The van der Waals surface area contributed by atoms with Crippen LogP contribution >= 0.6 is 0 Å². The van der Waals surface area contributed by atoms with Crippen LogP contribution in [0.15, 0.2) is 54.6 Å². The maximum absolute atomic E-state index is 13.0. The molecule has 168 valence electrons. The molecule has 0 fully saturated rings. The van der Waals surface area contributed by atoms with Gasteiger partial charge in [0.25, 0.3) is 5.91 Å². The third-order valence-electron chi connectivity index (χ3n) is 4.61. The minimum atomic E-state index is -4.49. The van der Waals surface area contributed by atoms with Crippen LogP contribution in [0, 0.1) is 0 Å². The molecule has 0 saturated carbocycles. The van der Waals surface area contributed by atoms with Crippen LogP contribution in [0.2, 0.25) is 0 Å². The van der Waals surface area contributed by atoms with Crippen molar-refractivity contribution in [1.82, 2.24) is 4.98 Å². The lowest BCUT2D eigenvalue weighted by Crippen LogP contribution is -2.15. The number of aromatic nitrogens is 1. The summed E-state index contributed by atoms with van der Waals surface area (Å²) < 4.78 is 44.7. The number of rotatable bonds is 7. The van der Waals surface area contributed by atoms with Gasteiger partial charge in [0.2, 0.25) is 0 Å². The Kier molecular flexibility index (Phi) is 6.66. The van der Waals surface area contributed by atoms with Crippen molar-refractivity contribution in [1.29, 1.82) is 0 Å². The number of halogens is 3. The monoisotopic (exact) mass is 447 g/mol. The van der Waals surface area contributed by atoms with Gasteiger partial charge in [-0.15, -0.1) is 0 Å². The van der Waals surface area contributed by atoms with Crippen molar-refractivity contribution in [3.05, 3.63) is 71.4 Å². The van der Waals surface area contributed by atoms with E-state index in [0.29, 0.717) is 17.0 Å². The van der Waals surface area contributed by atoms with E-state index >= 15 is 0 Å². The number of pyridine rings is 1. The zero-order valence-corrected chi connectivity index (χ0v) is 16.8. The Morgan fingerprint density at radius 3 is 2.34 bits per heavy atom. The molecule has 1 aromatic heterocycles. The number of aliphatic hydroxyl groups excluding tert-OH is 2. The molecule has 0 aliphatic rings. The van der Waals surface area contributed by atoms with E-state index in [1.54, 1.807) is 24.3 Å². The first-order valence-electron chi connectivity index (χ1n) is 9.40. The van der Waals surface area contributed by atoms with E-state index in [0.717, 1.165) is 6.07 Å². The summed E-state index contributed by atoms with van der Waals surface area (Å²) in [6.45, 7) is -0.545. The molecule has 5 N–H and O–H groups in total. The van der Waals surface area contributed by atoms with E-state index < -0.39 is 30.4 Å². The number of carbonyl (C=O) groups is 1. The minimum Gasteiger partial charge on any atom is -0.457 e. The van der Waals surface area contributed by atoms with Gasteiger partial charge in [-0.1, -0.05) is 0 Å². The molecular formula is C22H20F3N3O4. The maximum atomic E-state index is 13.0. The number of carbonyl (C=O) groups excluding carboxylic acids is 1. The molecule has 0 bridgehead atoms. The van der Waals surface area contributed by atoms with Gasteiger partial charge in [0.05, 0.1) is 17.9 Å². The summed E-state index contributed by atoms with van der Waals surface area (Å²) in [5.41, 5.74) is 5.48. The lowest BCUT2D eigenvalue weighted by atomic mass is 10.0. The van der Waals surface area contributed by atoms with E-state index in [2.05, 4.69) is 10.3 Å². The van der Waals surface area contributed by atoms with Crippen LogP contribution in [0.4, 0.5) is 18.9 Å². The first-order chi connectivity index (χ1) is 15.1. The number of amides is 1. The van der Waals surface area contributed by atoms with Crippen molar-refractivity contribution < 1.29 is 32.9 Å². The van der Waals surface area contributed by atoms with Crippen molar-refractivity contribution in [2.45, 2.75) is 12.3 Å². The molecule has 3 rings (SSSR count). The molecule has 0 unspecified atom stereocenters. The molecule has 0 aliphatic heterocycles. The lowest BCUT2D eigenvalue weighted by Gasteiger charge is -2.14. The zero-order valence-electron chi connectivity index (χ0n) is 16.8. The highest BCUT2D eigenvalue weighted by atomic mass is 19.4. The highest BCUT2D eigenvalue weighted by molar-refractivity contribution is 5.91. The molecule has 0 aliphatic carbocycles. The van der Waals surface area contributed by atoms with Crippen LogP contribution < -0.4 is 15.8 Å².